The molecule has 0 aliphatic heterocycles. The van der Waals surface area contributed by atoms with Crippen molar-refractivity contribution in [3.63, 3.8) is 0 Å². The first-order valence-corrected chi connectivity index (χ1v) is 7.98. The fourth-order valence-corrected chi connectivity index (χ4v) is 3.01. The highest BCUT2D eigenvalue weighted by molar-refractivity contribution is 7.89. The molecule has 7 heteroatoms. The molecule has 0 bridgehead atoms. The minimum absolute atomic E-state index is 0.144. The lowest BCUT2D eigenvalue weighted by Gasteiger charge is -2.20. The molecule has 2 N–H and O–H groups in total. The summed E-state index contributed by atoms with van der Waals surface area (Å²) in [6.07, 6.45) is 0. The zero-order chi connectivity index (χ0) is 15.2. The molecule has 0 amide bonds. The molecular formula is C13H20N2O4S. The summed E-state index contributed by atoms with van der Waals surface area (Å²) in [7, 11) is -3.71. The molecule has 0 radical (unpaired) electrons. The van der Waals surface area contributed by atoms with Gasteiger partial charge in [0, 0.05) is 18.8 Å². The molecular weight excluding hydrogens is 280 g/mol. The second-order valence-corrected chi connectivity index (χ2v) is 6.16. The summed E-state index contributed by atoms with van der Waals surface area (Å²) in [5.41, 5.74) is 7.04. The Morgan fingerprint density at radius 1 is 1.30 bits per heavy atom. The van der Waals surface area contributed by atoms with Crippen LogP contribution in [0.3, 0.4) is 0 Å². The summed E-state index contributed by atoms with van der Waals surface area (Å²) in [4.78, 5) is 11.3. The molecule has 1 aromatic rings. The summed E-state index contributed by atoms with van der Waals surface area (Å²) in [5.74, 6) is -1.39. The van der Waals surface area contributed by atoms with Crippen LogP contribution in [-0.2, 0) is 26.1 Å². The monoisotopic (exact) mass is 300 g/mol. The lowest BCUT2D eigenvalue weighted by atomic mass is 10.2. The van der Waals surface area contributed by atoms with Crippen LogP contribution in [0.1, 0.15) is 19.4 Å². The fourth-order valence-electron chi connectivity index (χ4n) is 1.72. The highest BCUT2D eigenvalue weighted by Crippen LogP contribution is 2.16. The molecule has 0 aromatic heterocycles. The number of hydrogen-bond donors (Lipinski definition) is 1. The minimum Gasteiger partial charge on any atom is -0.465 e. The Balaban J connectivity index is 2.85. The topological polar surface area (TPSA) is 89.7 Å². The number of rotatable bonds is 7. The van der Waals surface area contributed by atoms with Crippen molar-refractivity contribution in [1.29, 1.82) is 0 Å². The van der Waals surface area contributed by atoms with Crippen LogP contribution in [0.2, 0.25) is 0 Å². The Morgan fingerprint density at radius 2 is 1.95 bits per heavy atom. The molecule has 0 aliphatic rings. The Bertz CT molecular complexity index is 557. The van der Waals surface area contributed by atoms with Crippen molar-refractivity contribution < 1.29 is 17.9 Å². The number of nitrogens with zero attached hydrogens (tertiary/aromatic N) is 1. The van der Waals surface area contributed by atoms with Crippen LogP contribution < -0.4 is 5.73 Å². The number of nitrogens with two attached hydrogens (primary N) is 1. The first-order valence-electron chi connectivity index (χ1n) is 6.37. The zero-order valence-electron chi connectivity index (χ0n) is 11.7. The van der Waals surface area contributed by atoms with Crippen molar-refractivity contribution in [3.05, 3.63) is 29.8 Å². The van der Waals surface area contributed by atoms with E-state index < -0.39 is 21.7 Å². The van der Waals surface area contributed by atoms with E-state index in [9.17, 15) is 13.2 Å². The third-order valence-corrected chi connectivity index (χ3v) is 4.53. The highest BCUT2D eigenvalue weighted by atomic mass is 32.2. The predicted octanol–water partition coefficient (Wildman–Crippen LogP) is 0.984. The number of para-hydroxylation sites is 1. The Morgan fingerprint density at radius 3 is 2.50 bits per heavy atom. The first kappa shape index (κ1) is 16.5. The number of hydrogen-bond acceptors (Lipinski definition) is 5. The van der Waals surface area contributed by atoms with E-state index in [1.807, 2.05) is 0 Å². The standard InChI is InChI=1S/C13H20N2O4S/c1-3-15(9-11-7-5-6-8-12(11)14)20(17,18)10-13(16)19-4-2/h5-8H,3-4,9-10,14H2,1-2H3. The third kappa shape index (κ3) is 4.50. The molecule has 0 spiro atoms. The number of nitrogen functional groups attached to an aromatic ring is 1. The van der Waals surface area contributed by atoms with Gasteiger partial charge in [-0.2, -0.15) is 4.31 Å². The van der Waals surface area contributed by atoms with E-state index >= 15 is 0 Å². The Kier molecular flexibility index (Phi) is 5.97. The number of benzene rings is 1. The third-order valence-electron chi connectivity index (χ3n) is 2.75. The summed E-state index contributed by atoms with van der Waals surface area (Å²) in [5, 5.41) is 0. The van der Waals surface area contributed by atoms with Gasteiger partial charge in [0.2, 0.25) is 10.0 Å². The largest absolute Gasteiger partial charge is 0.465 e. The fraction of sp³-hybridized carbons (Fsp3) is 0.462. The predicted molar refractivity (Wildman–Crippen MR) is 77.4 cm³/mol. The minimum atomic E-state index is -3.71. The molecule has 0 atom stereocenters. The van der Waals surface area contributed by atoms with E-state index in [1.165, 1.54) is 4.31 Å². The van der Waals surface area contributed by atoms with Crippen LogP contribution in [0, 0.1) is 0 Å². The van der Waals surface area contributed by atoms with Crippen LogP contribution in [0.5, 0.6) is 0 Å². The van der Waals surface area contributed by atoms with Crippen molar-refractivity contribution in [1.82, 2.24) is 4.31 Å². The van der Waals surface area contributed by atoms with E-state index in [4.69, 9.17) is 5.73 Å². The maximum atomic E-state index is 12.1. The molecule has 20 heavy (non-hydrogen) atoms. The number of anilines is 1. The molecule has 0 aliphatic carbocycles. The van der Waals surface area contributed by atoms with Crippen LogP contribution in [0.15, 0.2) is 24.3 Å². The van der Waals surface area contributed by atoms with Crippen LogP contribution in [0.4, 0.5) is 5.69 Å². The molecule has 112 valence electrons. The molecule has 0 unspecified atom stereocenters. The van der Waals surface area contributed by atoms with Gasteiger partial charge in [-0.1, -0.05) is 25.1 Å². The Labute approximate surface area is 119 Å². The number of ether oxygens (including phenoxy) is 1. The van der Waals surface area contributed by atoms with Gasteiger partial charge >= 0.3 is 5.97 Å². The van der Waals surface area contributed by atoms with E-state index in [1.54, 1.807) is 38.1 Å². The number of esters is 1. The van der Waals surface area contributed by atoms with E-state index in [2.05, 4.69) is 4.74 Å². The number of carbonyl (C=O) groups is 1. The van der Waals surface area contributed by atoms with Gasteiger partial charge in [0.15, 0.2) is 5.75 Å². The van der Waals surface area contributed by atoms with Crippen LogP contribution in [0.25, 0.3) is 0 Å². The van der Waals surface area contributed by atoms with Gasteiger partial charge < -0.3 is 10.5 Å². The number of carbonyl (C=O) groups excluding carboxylic acids is 1. The molecule has 0 saturated heterocycles. The molecule has 0 saturated carbocycles. The molecule has 6 nitrogen and oxygen atoms in total. The lowest BCUT2D eigenvalue weighted by Crippen LogP contribution is -2.35. The summed E-state index contributed by atoms with van der Waals surface area (Å²) < 4.78 is 30.2. The zero-order valence-corrected chi connectivity index (χ0v) is 12.5. The smallest absolute Gasteiger partial charge is 0.322 e. The highest BCUT2D eigenvalue weighted by Gasteiger charge is 2.25. The Hall–Kier alpha value is -1.60. The van der Waals surface area contributed by atoms with Crippen LogP contribution in [-0.4, -0.2) is 37.6 Å². The molecule has 1 rings (SSSR count). The first-order chi connectivity index (χ1) is 9.40. The second kappa shape index (κ2) is 7.25. The van der Waals surface area contributed by atoms with Gasteiger partial charge in [-0.15, -0.1) is 0 Å². The van der Waals surface area contributed by atoms with Crippen molar-refractivity contribution in [2.45, 2.75) is 20.4 Å². The van der Waals surface area contributed by atoms with Gasteiger partial charge in [-0.05, 0) is 18.6 Å². The number of sulfonamides is 1. The van der Waals surface area contributed by atoms with Gasteiger partial charge in [-0.3, -0.25) is 4.79 Å². The average molecular weight is 300 g/mol. The van der Waals surface area contributed by atoms with E-state index in [0.29, 0.717) is 11.3 Å². The average Bonchev–Trinajstić information content (AvgIpc) is 2.37. The SMILES string of the molecule is CCOC(=O)CS(=O)(=O)N(CC)Cc1ccccc1N. The molecule has 1 aromatic carbocycles. The maximum absolute atomic E-state index is 12.1. The van der Waals surface area contributed by atoms with Crippen molar-refractivity contribution in [3.8, 4) is 0 Å². The maximum Gasteiger partial charge on any atom is 0.322 e. The van der Waals surface area contributed by atoms with Gasteiger partial charge in [-0.25, -0.2) is 8.42 Å². The van der Waals surface area contributed by atoms with E-state index in [0.717, 1.165) is 0 Å². The van der Waals surface area contributed by atoms with Crippen molar-refractivity contribution in [2.24, 2.45) is 0 Å². The van der Waals surface area contributed by atoms with Crippen molar-refractivity contribution in [2.75, 3.05) is 24.6 Å². The van der Waals surface area contributed by atoms with Crippen LogP contribution >= 0.6 is 0 Å². The summed E-state index contributed by atoms with van der Waals surface area (Å²) in [6, 6.07) is 7.04. The quantitative estimate of drug-likeness (QED) is 0.599. The summed E-state index contributed by atoms with van der Waals surface area (Å²) in [6.45, 7) is 3.90. The van der Waals surface area contributed by atoms with Gasteiger partial charge in [0.05, 0.1) is 6.61 Å². The lowest BCUT2D eigenvalue weighted by molar-refractivity contribution is -0.140. The summed E-state index contributed by atoms with van der Waals surface area (Å²) >= 11 is 0. The second-order valence-electron chi connectivity index (χ2n) is 4.19. The van der Waals surface area contributed by atoms with Gasteiger partial charge in [0.1, 0.15) is 0 Å². The van der Waals surface area contributed by atoms with Crippen molar-refractivity contribution >= 4 is 21.7 Å². The molecule has 0 fully saturated rings. The normalized spacial score (nSPS) is 11.6. The van der Waals surface area contributed by atoms with Gasteiger partial charge in [0.25, 0.3) is 0 Å². The molecule has 0 heterocycles. The van der Waals surface area contributed by atoms with E-state index in [-0.39, 0.29) is 19.7 Å².